The second-order valence-corrected chi connectivity index (χ2v) is 7.06. The Balaban J connectivity index is 1.66. The lowest BCUT2D eigenvalue weighted by atomic mass is 10.0. The van der Waals surface area contributed by atoms with Gasteiger partial charge in [-0.2, -0.15) is 0 Å². The molecule has 2 aromatic rings. The van der Waals surface area contributed by atoms with E-state index in [2.05, 4.69) is 43.4 Å². The molecule has 1 N–H and O–H groups in total. The SMILES string of the molecule is CC(C)c1ccc(CCCNC(=O)COc2ccc(Cl)cc2Cl)cc1. The van der Waals surface area contributed by atoms with Gasteiger partial charge in [0.25, 0.3) is 5.91 Å². The van der Waals surface area contributed by atoms with Crippen molar-refractivity contribution in [3.63, 3.8) is 0 Å². The van der Waals surface area contributed by atoms with Crippen molar-refractivity contribution in [2.45, 2.75) is 32.6 Å². The summed E-state index contributed by atoms with van der Waals surface area (Å²) < 4.78 is 5.40. The molecule has 0 bridgehead atoms. The molecule has 0 aromatic heterocycles. The molecule has 0 spiro atoms. The van der Waals surface area contributed by atoms with Crippen LogP contribution in [0, 0.1) is 0 Å². The molecule has 134 valence electrons. The number of hydrogen-bond acceptors (Lipinski definition) is 2. The van der Waals surface area contributed by atoms with E-state index < -0.39 is 0 Å². The summed E-state index contributed by atoms with van der Waals surface area (Å²) in [6.45, 7) is 4.92. The number of aryl methyl sites for hydroxylation is 1. The molecule has 0 saturated heterocycles. The third kappa shape index (κ3) is 6.60. The fourth-order valence-electron chi connectivity index (χ4n) is 2.38. The Morgan fingerprint density at radius 3 is 2.48 bits per heavy atom. The van der Waals surface area contributed by atoms with Crippen LogP contribution >= 0.6 is 23.2 Å². The molecule has 0 aliphatic rings. The Kier molecular flexibility index (Phi) is 7.60. The lowest BCUT2D eigenvalue weighted by Crippen LogP contribution is -2.29. The van der Waals surface area contributed by atoms with Gasteiger partial charge in [-0.3, -0.25) is 4.79 Å². The van der Waals surface area contributed by atoms with Crippen LogP contribution in [-0.4, -0.2) is 19.1 Å². The van der Waals surface area contributed by atoms with Gasteiger partial charge in [0.05, 0.1) is 5.02 Å². The molecule has 2 rings (SSSR count). The topological polar surface area (TPSA) is 38.3 Å². The molecule has 0 aliphatic carbocycles. The highest BCUT2D eigenvalue weighted by molar-refractivity contribution is 6.35. The number of halogens is 2. The molecule has 0 heterocycles. The molecule has 0 aliphatic heterocycles. The van der Waals surface area contributed by atoms with Crippen molar-refractivity contribution in [1.29, 1.82) is 0 Å². The zero-order valence-corrected chi connectivity index (χ0v) is 16.0. The van der Waals surface area contributed by atoms with Crippen LogP contribution in [0.25, 0.3) is 0 Å². The number of carbonyl (C=O) groups excluding carboxylic acids is 1. The van der Waals surface area contributed by atoms with Crippen LogP contribution < -0.4 is 10.1 Å². The first kappa shape index (κ1) is 19.6. The Hall–Kier alpha value is -1.71. The van der Waals surface area contributed by atoms with Gasteiger partial charge in [0.15, 0.2) is 6.61 Å². The maximum Gasteiger partial charge on any atom is 0.257 e. The smallest absolute Gasteiger partial charge is 0.257 e. The van der Waals surface area contributed by atoms with E-state index in [0.717, 1.165) is 12.8 Å². The Labute approximate surface area is 159 Å². The van der Waals surface area contributed by atoms with Gasteiger partial charge >= 0.3 is 0 Å². The van der Waals surface area contributed by atoms with E-state index in [1.54, 1.807) is 18.2 Å². The molecular weight excluding hydrogens is 357 g/mol. The Morgan fingerprint density at radius 2 is 1.84 bits per heavy atom. The van der Waals surface area contributed by atoms with Gasteiger partial charge in [0.1, 0.15) is 5.75 Å². The molecule has 0 unspecified atom stereocenters. The lowest BCUT2D eigenvalue weighted by Gasteiger charge is -2.09. The second-order valence-electron chi connectivity index (χ2n) is 6.21. The normalized spacial score (nSPS) is 10.8. The van der Waals surface area contributed by atoms with Crippen molar-refractivity contribution < 1.29 is 9.53 Å². The van der Waals surface area contributed by atoms with E-state index >= 15 is 0 Å². The predicted octanol–water partition coefficient (Wildman–Crippen LogP) is 5.24. The number of nitrogens with one attached hydrogen (secondary N) is 1. The highest BCUT2D eigenvalue weighted by Crippen LogP contribution is 2.27. The third-order valence-corrected chi connectivity index (χ3v) is 4.39. The summed E-state index contributed by atoms with van der Waals surface area (Å²) in [7, 11) is 0. The zero-order valence-electron chi connectivity index (χ0n) is 14.5. The zero-order chi connectivity index (χ0) is 18.2. The van der Waals surface area contributed by atoms with E-state index in [1.807, 2.05) is 0 Å². The average Bonchev–Trinajstić information content (AvgIpc) is 2.58. The highest BCUT2D eigenvalue weighted by Gasteiger charge is 2.06. The van der Waals surface area contributed by atoms with E-state index in [9.17, 15) is 4.79 Å². The van der Waals surface area contributed by atoms with Crippen molar-refractivity contribution in [2.75, 3.05) is 13.2 Å². The van der Waals surface area contributed by atoms with Gasteiger partial charge in [-0.15, -0.1) is 0 Å². The van der Waals surface area contributed by atoms with E-state index in [0.29, 0.717) is 28.3 Å². The molecule has 0 radical (unpaired) electrons. The largest absolute Gasteiger partial charge is 0.482 e. The van der Waals surface area contributed by atoms with E-state index in [1.165, 1.54) is 11.1 Å². The lowest BCUT2D eigenvalue weighted by molar-refractivity contribution is -0.123. The quantitative estimate of drug-likeness (QED) is 0.636. The van der Waals surface area contributed by atoms with Crippen LogP contribution in [0.2, 0.25) is 10.0 Å². The predicted molar refractivity (Wildman–Crippen MR) is 104 cm³/mol. The molecule has 5 heteroatoms. The van der Waals surface area contributed by atoms with Crippen LogP contribution in [0.4, 0.5) is 0 Å². The van der Waals surface area contributed by atoms with Crippen molar-refractivity contribution >= 4 is 29.1 Å². The number of carbonyl (C=O) groups is 1. The summed E-state index contributed by atoms with van der Waals surface area (Å²) in [6.07, 6.45) is 1.82. The first-order chi connectivity index (χ1) is 12.0. The summed E-state index contributed by atoms with van der Waals surface area (Å²) in [5.41, 5.74) is 2.62. The molecule has 25 heavy (non-hydrogen) atoms. The van der Waals surface area contributed by atoms with Crippen molar-refractivity contribution in [1.82, 2.24) is 5.32 Å². The fraction of sp³-hybridized carbons (Fsp3) is 0.350. The molecule has 2 aromatic carbocycles. The van der Waals surface area contributed by atoms with Crippen LogP contribution in [0.1, 0.15) is 37.3 Å². The van der Waals surface area contributed by atoms with Gasteiger partial charge in [-0.25, -0.2) is 0 Å². The summed E-state index contributed by atoms with van der Waals surface area (Å²) >= 11 is 11.8. The Bertz CT molecular complexity index is 699. The van der Waals surface area contributed by atoms with Crippen molar-refractivity contribution in [3.8, 4) is 5.75 Å². The number of hydrogen-bond donors (Lipinski definition) is 1. The molecule has 3 nitrogen and oxygen atoms in total. The van der Waals surface area contributed by atoms with E-state index in [4.69, 9.17) is 27.9 Å². The standard InChI is InChI=1S/C20H23Cl2NO2/c1-14(2)16-7-5-15(6-8-16)4-3-11-23-20(24)13-25-19-10-9-17(21)12-18(19)22/h5-10,12,14H,3-4,11,13H2,1-2H3,(H,23,24). The van der Waals surface area contributed by atoms with Crippen LogP contribution in [-0.2, 0) is 11.2 Å². The fourth-order valence-corrected chi connectivity index (χ4v) is 2.84. The number of amides is 1. The average molecular weight is 380 g/mol. The van der Waals surface area contributed by atoms with Gasteiger partial charge in [0.2, 0.25) is 0 Å². The van der Waals surface area contributed by atoms with Gasteiger partial charge in [-0.05, 0) is 48.1 Å². The minimum Gasteiger partial charge on any atom is -0.482 e. The van der Waals surface area contributed by atoms with Crippen LogP contribution in [0.15, 0.2) is 42.5 Å². The Morgan fingerprint density at radius 1 is 1.12 bits per heavy atom. The van der Waals surface area contributed by atoms with Crippen LogP contribution in [0.5, 0.6) is 5.75 Å². The molecular formula is C20H23Cl2NO2. The molecule has 0 fully saturated rings. The van der Waals surface area contributed by atoms with Gasteiger partial charge < -0.3 is 10.1 Å². The summed E-state index contributed by atoms with van der Waals surface area (Å²) in [5, 5.41) is 3.77. The minimum atomic E-state index is -0.166. The van der Waals surface area contributed by atoms with Crippen molar-refractivity contribution in [3.05, 3.63) is 63.6 Å². The van der Waals surface area contributed by atoms with Crippen LogP contribution in [0.3, 0.4) is 0 Å². The molecule has 1 amide bonds. The summed E-state index contributed by atoms with van der Waals surface area (Å²) in [4.78, 5) is 11.8. The number of rotatable bonds is 8. The molecule has 0 saturated carbocycles. The highest BCUT2D eigenvalue weighted by atomic mass is 35.5. The minimum absolute atomic E-state index is 0.0650. The summed E-state index contributed by atoms with van der Waals surface area (Å²) in [5.74, 6) is 0.829. The van der Waals surface area contributed by atoms with Crippen molar-refractivity contribution in [2.24, 2.45) is 0 Å². The van der Waals surface area contributed by atoms with Gasteiger partial charge in [-0.1, -0.05) is 61.3 Å². The second kappa shape index (κ2) is 9.69. The molecule has 0 atom stereocenters. The number of ether oxygens (including phenoxy) is 1. The first-order valence-corrected chi connectivity index (χ1v) is 9.14. The monoisotopic (exact) mass is 379 g/mol. The summed E-state index contributed by atoms with van der Waals surface area (Å²) in [6, 6.07) is 13.6. The maximum absolute atomic E-state index is 11.8. The van der Waals surface area contributed by atoms with Gasteiger partial charge in [0, 0.05) is 11.6 Å². The third-order valence-electron chi connectivity index (χ3n) is 3.86. The first-order valence-electron chi connectivity index (χ1n) is 8.39. The maximum atomic E-state index is 11.8. The van der Waals surface area contributed by atoms with E-state index in [-0.39, 0.29) is 12.5 Å². The number of benzene rings is 2.